The first-order valence-electron chi connectivity index (χ1n) is 6.98. The van der Waals surface area contributed by atoms with Crippen molar-refractivity contribution in [2.24, 2.45) is 0 Å². The Morgan fingerprint density at radius 2 is 2.10 bits per heavy atom. The Hall–Kier alpha value is -1.46. The van der Waals surface area contributed by atoms with Crippen LogP contribution in [0.3, 0.4) is 0 Å². The summed E-state index contributed by atoms with van der Waals surface area (Å²) in [5.41, 5.74) is 7.04. The van der Waals surface area contributed by atoms with E-state index in [1.54, 1.807) is 12.1 Å². The number of carbonyl (C=O) groups excluding carboxylic acids is 1. The second kappa shape index (κ2) is 8.74. The van der Waals surface area contributed by atoms with Gasteiger partial charge in [0.15, 0.2) is 0 Å². The number of anilines is 2. The van der Waals surface area contributed by atoms with Gasteiger partial charge >= 0.3 is 5.97 Å². The number of methoxy groups -OCH3 is 1. The average Bonchev–Trinajstić information content (AvgIpc) is 2.42. The fraction of sp³-hybridized carbons (Fsp3) is 0.533. The van der Waals surface area contributed by atoms with E-state index in [0.717, 1.165) is 19.4 Å². The summed E-state index contributed by atoms with van der Waals surface area (Å²) in [4.78, 5) is 11.8. The smallest absolute Gasteiger partial charge is 0.340 e. The minimum atomic E-state index is -0.463. The Morgan fingerprint density at radius 3 is 2.71 bits per heavy atom. The van der Waals surface area contributed by atoms with E-state index in [0.29, 0.717) is 28.5 Å². The lowest BCUT2D eigenvalue weighted by Gasteiger charge is -2.14. The van der Waals surface area contributed by atoms with E-state index < -0.39 is 5.97 Å². The average molecular weight is 315 g/mol. The summed E-state index contributed by atoms with van der Waals surface area (Å²) in [6.07, 6.45) is 2.09. The Balaban J connectivity index is 2.59. The maximum Gasteiger partial charge on any atom is 0.340 e. The van der Waals surface area contributed by atoms with Crippen LogP contribution in [-0.4, -0.2) is 32.3 Å². The zero-order chi connectivity index (χ0) is 15.8. The first-order valence-corrected chi connectivity index (χ1v) is 7.36. The van der Waals surface area contributed by atoms with Crippen molar-refractivity contribution >= 4 is 28.9 Å². The van der Waals surface area contributed by atoms with Gasteiger partial charge in [0.25, 0.3) is 0 Å². The number of benzene rings is 1. The van der Waals surface area contributed by atoms with Gasteiger partial charge < -0.3 is 20.5 Å². The first-order chi connectivity index (χ1) is 9.95. The monoisotopic (exact) mass is 314 g/mol. The van der Waals surface area contributed by atoms with Gasteiger partial charge in [-0.3, -0.25) is 0 Å². The molecule has 0 amide bonds. The van der Waals surface area contributed by atoms with Crippen molar-refractivity contribution < 1.29 is 14.3 Å². The number of nitrogens with one attached hydrogen (secondary N) is 1. The van der Waals surface area contributed by atoms with Crippen molar-refractivity contribution in [3.05, 3.63) is 22.7 Å². The summed E-state index contributed by atoms with van der Waals surface area (Å²) in [6, 6.07) is 3.17. The van der Waals surface area contributed by atoms with Gasteiger partial charge in [-0.1, -0.05) is 11.6 Å². The van der Waals surface area contributed by atoms with Gasteiger partial charge in [-0.2, -0.15) is 0 Å². The van der Waals surface area contributed by atoms with Crippen molar-refractivity contribution in [1.29, 1.82) is 0 Å². The van der Waals surface area contributed by atoms with Crippen LogP contribution in [0, 0.1) is 0 Å². The molecule has 0 aliphatic heterocycles. The lowest BCUT2D eigenvalue weighted by molar-refractivity contribution is 0.0601. The normalized spacial score (nSPS) is 10.7. The molecule has 0 fully saturated rings. The number of nitrogens with two attached hydrogens (primary N) is 1. The van der Waals surface area contributed by atoms with Crippen molar-refractivity contribution in [2.45, 2.75) is 32.8 Å². The van der Waals surface area contributed by atoms with Gasteiger partial charge in [0.2, 0.25) is 0 Å². The molecule has 21 heavy (non-hydrogen) atoms. The zero-order valence-electron chi connectivity index (χ0n) is 12.7. The molecular weight excluding hydrogens is 292 g/mol. The van der Waals surface area contributed by atoms with Crippen LogP contribution in [0.4, 0.5) is 11.4 Å². The van der Waals surface area contributed by atoms with Crippen LogP contribution in [0.25, 0.3) is 0 Å². The minimum absolute atomic E-state index is 0.246. The largest absolute Gasteiger partial charge is 0.465 e. The summed E-state index contributed by atoms with van der Waals surface area (Å²) in [5, 5.41) is 3.58. The summed E-state index contributed by atoms with van der Waals surface area (Å²) in [6.45, 7) is 5.43. The molecule has 0 atom stereocenters. The molecule has 1 aromatic carbocycles. The Morgan fingerprint density at radius 1 is 1.38 bits per heavy atom. The molecule has 0 heterocycles. The van der Waals surface area contributed by atoms with E-state index in [1.165, 1.54) is 7.11 Å². The van der Waals surface area contributed by atoms with Gasteiger partial charge in [0, 0.05) is 18.8 Å². The molecular formula is C15H23ClN2O3. The molecule has 0 unspecified atom stereocenters. The van der Waals surface area contributed by atoms with Crippen molar-refractivity contribution in [3.8, 4) is 0 Å². The molecule has 5 nitrogen and oxygen atoms in total. The maximum atomic E-state index is 11.8. The number of ether oxygens (including phenoxy) is 2. The van der Waals surface area contributed by atoms with Crippen LogP contribution in [-0.2, 0) is 9.47 Å². The van der Waals surface area contributed by atoms with E-state index in [9.17, 15) is 4.79 Å². The van der Waals surface area contributed by atoms with Gasteiger partial charge in [0.1, 0.15) is 0 Å². The van der Waals surface area contributed by atoms with Crippen LogP contribution in [0.5, 0.6) is 0 Å². The Labute approximate surface area is 130 Å². The lowest BCUT2D eigenvalue weighted by Crippen LogP contribution is -2.11. The standard InChI is InChI=1S/C15H23ClN2O3/c1-10(2)21-7-5-4-6-18-14-12(15(19)20-3)8-11(17)9-13(14)16/h8-10,18H,4-7,17H2,1-3H3. The van der Waals surface area contributed by atoms with Gasteiger partial charge in [-0.15, -0.1) is 0 Å². The highest BCUT2D eigenvalue weighted by molar-refractivity contribution is 6.34. The molecule has 118 valence electrons. The third-order valence-electron chi connectivity index (χ3n) is 2.84. The van der Waals surface area contributed by atoms with Crippen LogP contribution >= 0.6 is 11.6 Å². The molecule has 0 spiro atoms. The van der Waals surface area contributed by atoms with Crippen LogP contribution < -0.4 is 11.1 Å². The number of hydrogen-bond donors (Lipinski definition) is 2. The molecule has 0 aliphatic carbocycles. The minimum Gasteiger partial charge on any atom is -0.465 e. The second-order valence-electron chi connectivity index (χ2n) is 4.97. The Kier molecular flexibility index (Phi) is 7.32. The molecule has 0 bridgehead atoms. The van der Waals surface area contributed by atoms with Crippen LogP contribution in [0.15, 0.2) is 12.1 Å². The summed E-state index contributed by atoms with van der Waals surface area (Å²) < 4.78 is 10.2. The highest BCUT2D eigenvalue weighted by Crippen LogP contribution is 2.29. The fourth-order valence-corrected chi connectivity index (χ4v) is 2.13. The summed E-state index contributed by atoms with van der Waals surface area (Å²) in [5.74, 6) is -0.463. The van der Waals surface area contributed by atoms with Crippen molar-refractivity contribution in [1.82, 2.24) is 0 Å². The maximum absolute atomic E-state index is 11.8. The lowest BCUT2D eigenvalue weighted by atomic mass is 10.1. The van der Waals surface area contributed by atoms with E-state index in [4.69, 9.17) is 26.8 Å². The third-order valence-corrected chi connectivity index (χ3v) is 3.14. The number of esters is 1. The van der Waals surface area contributed by atoms with Crippen LogP contribution in [0.2, 0.25) is 5.02 Å². The van der Waals surface area contributed by atoms with E-state index >= 15 is 0 Å². The quantitative estimate of drug-likeness (QED) is 0.437. The molecule has 0 aliphatic rings. The molecule has 0 saturated heterocycles. The molecule has 6 heteroatoms. The predicted molar refractivity (Wildman–Crippen MR) is 86.0 cm³/mol. The first kappa shape index (κ1) is 17.6. The van der Waals surface area contributed by atoms with Gasteiger partial charge in [-0.25, -0.2) is 4.79 Å². The fourth-order valence-electron chi connectivity index (χ4n) is 1.84. The molecule has 3 N–H and O–H groups in total. The summed E-state index contributed by atoms with van der Waals surface area (Å²) in [7, 11) is 1.33. The van der Waals surface area contributed by atoms with Gasteiger partial charge in [0.05, 0.1) is 29.5 Å². The highest BCUT2D eigenvalue weighted by atomic mass is 35.5. The molecule has 0 saturated carbocycles. The number of hydrogen-bond acceptors (Lipinski definition) is 5. The topological polar surface area (TPSA) is 73.6 Å². The third kappa shape index (κ3) is 5.81. The van der Waals surface area contributed by atoms with E-state index in [2.05, 4.69) is 5.32 Å². The number of carbonyl (C=O) groups is 1. The number of unbranched alkanes of at least 4 members (excludes halogenated alkanes) is 1. The SMILES string of the molecule is COC(=O)c1cc(N)cc(Cl)c1NCCCCOC(C)C. The van der Waals surface area contributed by atoms with Crippen molar-refractivity contribution in [3.63, 3.8) is 0 Å². The van der Waals surface area contributed by atoms with Gasteiger partial charge in [-0.05, 0) is 38.8 Å². The number of halogens is 1. The second-order valence-corrected chi connectivity index (χ2v) is 5.38. The van der Waals surface area contributed by atoms with Crippen molar-refractivity contribution in [2.75, 3.05) is 31.3 Å². The number of nitrogen functional groups attached to an aromatic ring is 1. The number of rotatable bonds is 8. The summed E-state index contributed by atoms with van der Waals surface area (Å²) >= 11 is 6.14. The van der Waals surface area contributed by atoms with Crippen LogP contribution in [0.1, 0.15) is 37.0 Å². The molecule has 0 radical (unpaired) electrons. The Bertz CT molecular complexity index is 478. The zero-order valence-corrected chi connectivity index (χ0v) is 13.5. The predicted octanol–water partition coefficient (Wildman–Crippen LogP) is 3.33. The van der Waals surface area contributed by atoms with E-state index in [1.807, 2.05) is 13.8 Å². The molecule has 0 aromatic heterocycles. The highest BCUT2D eigenvalue weighted by Gasteiger charge is 2.15. The molecule has 1 rings (SSSR count). The van der Waals surface area contributed by atoms with E-state index in [-0.39, 0.29) is 6.10 Å². The molecule has 1 aromatic rings.